The van der Waals surface area contributed by atoms with Crippen molar-refractivity contribution in [1.29, 1.82) is 0 Å². The Hall–Kier alpha value is -4.02. The Morgan fingerprint density at radius 3 is 1.98 bits per heavy atom. The number of rotatable bonds is 13. The number of carbonyl (C=O) groups is 1. The van der Waals surface area contributed by atoms with Crippen molar-refractivity contribution >= 4 is 11.8 Å². The molecule has 4 aromatic rings. The molecule has 0 aliphatic rings. The normalized spacial score (nSPS) is 12.0. The molecule has 7 nitrogen and oxygen atoms in total. The summed E-state index contributed by atoms with van der Waals surface area (Å²) in [5.41, 5.74) is -3.74. The third kappa shape index (κ3) is 11.2. The predicted octanol–water partition coefficient (Wildman–Crippen LogP) is 6.79. The number of aliphatic carboxylic acids is 1. The number of carboxylic acids is 1. The zero-order valence-corrected chi connectivity index (χ0v) is 30.4. The Bertz CT molecular complexity index is 1800. The van der Waals surface area contributed by atoms with Crippen LogP contribution in [0.5, 0.6) is 11.5 Å². The fourth-order valence-corrected chi connectivity index (χ4v) is 5.09. The molecule has 2 aromatic heterocycles. The number of hydrogen-bond donors (Lipinski definition) is 1. The molecule has 2 heterocycles. The Morgan fingerprint density at radius 1 is 0.827 bits per heavy atom. The van der Waals surface area contributed by atoms with Gasteiger partial charge in [-0.2, -0.15) is 39.5 Å². The summed E-state index contributed by atoms with van der Waals surface area (Å²) in [6.45, 7) is 2.57. The molecule has 0 atom stereocenters. The van der Waals surface area contributed by atoms with E-state index in [1.54, 1.807) is 12.1 Å². The van der Waals surface area contributed by atoms with Crippen LogP contribution in [0.3, 0.4) is 0 Å². The van der Waals surface area contributed by atoms with E-state index in [-0.39, 0.29) is 95.1 Å². The molecule has 0 aliphatic carbocycles. The number of alkyl halides is 9. The van der Waals surface area contributed by atoms with Crippen LogP contribution in [-0.2, 0) is 36.4 Å². The summed E-state index contributed by atoms with van der Waals surface area (Å²) >= 11 is 0. The summed E-state index contributed by atoms with van der Waals surface area (Å²) in [5, 5.41) is 8.82. The molecular formula is C35H32F9N3NaO4+. The molecule has 0 amide bonds. The molecule has 0 radical (unpaired) electrons. The van der Waals surface area contributed by atoms with Gasteiger partial charge in [0.15, 0.2) is 0 Å². The van der Waals surface area contributed by atoms with Crippen molar-refractivity contribution in [2.75, 3.05) is 18.6 Å². The molecular weight excluding hydrogens is 720 g/mol. The average Bonchev–Trinajstić information content (AvgIpc) is 3.05. The summed E-state index contributed by atoms with van der Waals surface area (Å²) in [6, 6.07) is 9.88. The van der Waals surface area contributed by atoms with Gasteiger partial charge in [-0.25, -0.2) is 9.97 Å². The summed E-state index contributed by atoms with van der Waals surface area (Å²) in [4.78, 5) is 20.9. The SMILES string of the molecule is COc1ccc(C(C)C)nc1-c1ccc(C(F)(F)F)cc1CN(Cc1cc(C(F)(F)F)cc(C(F)(F)F)c1)c1ccc(OCCCC(=O)O)cn1.[Na+]. The molecule has 17 heteroatoms. The number of carboxylic acid groups (broad SMARTS) is 1. The van der Waals surface area contributed by atoms with Gasteiger partial charge in [0.25, 0.3) is 0 Å². The van der Waals surface area contributed by atoms with Gasteiger partial charge in [0.05, 0.1) is 36.6 Å². The Balaban J connectivity index is 0.00000729. The number of aromatic nitrogens is 2. The molecule has 4 rings (SSSR count). The molecule has 52 heavy (non-hydrogen) atoms. The van der Waals surface area contributed by atoms with Gasteiger partial charge in [0, 0.05) is 30.8 Å². The van der Waals surface area contributed by atoms with E-state index in [0.29, 0.717) is 17.8 Å². The van der Waals surface area contributed by atoms with Gasteiger partial charge in [0.1, 0.15) is 23.0 Å². The first kappa shape index (κ1) is 42.4. The summed E-state index contributed by atoms with van der Waals surface area (Å²) in [5.74, 6) is -0.785. The number of halogens is 9. The molecule has 274 valence electrons. The van der Waals surface area contributed by atoms with E-state index in [4.69, 9.17) is 14.6 Å². The fraction of sp³-hybridized carbons (Fsp3) is 0.343. The van der Waals surface area contributed by atoms with Crippen molar-refractivity contribution in [1.82, 2.24) is 9.97 Å². The van der Waals surface area contributed by atoms with Crippen LogP contribution in [0, 0.1) is 0 Å². The maximum Gasteiger partial charge on any atom is 1.00 e. The Morgan fingerprint density at radius 2 is 1.46 bits per heavy atom. The monoisotopic (exact) mass is 752 g/mol. The van der Waals surface area contributed by atoms with Crippen LogP contribution in [0.2, 0.25) is 0 Å². The van der Waals surface area contributed by atoms with Crippen LogP contribution in [0.4, 0.5) is 45.3 Å². The van der Waals surface area contributed by atoms with Crippen molar-refractivity contribution in [3.05, 3.63) is 100 Å². The standard InChI is InChI=1S/C35H32F9N3O4.Na/c1-20(2)28-9-10-29(50-3)32(46-28)27-8-6-23(33(36,37)38)15-22(27)19-47(30-11-7-26(17-45-30)51-12-4-5-31(48)49)18-21-13-24(34(39,40)41)16-25(14-21)35(42,43)44;/h6-11,13-17,20H,4-5,12,18-19H2,1-3H3,(H,48,49);/q;+1. The van der Waals surface area contributed by atoms with E-state index in [9.17, 15) is 44.3 Å². The van der Waals surface area contributed by atoms with Crippen molar-refractivity contribution in [2.45, 2.75) is 64.2 Å². The average molecular weight is 753 g/mol. The summed E-state index contributed by atoms with van der Waals surface area (Å²) < 4.78 is 136. The minimum absolute atomic E-state index is 0. The molecule has 0 saturated carbocycles. The van der Waals surface area contributed by atoms with E-state index >= 15 is 0 Å². The van der Waals surface area contributed by atoms with Crippen LogP contribution in [0.15, 0.2) is 66.9 Å². The van der Waals surface area contributed by atoms with Gasteiger partial charge in [-0.15, -0.1) is 0 Å². The first-order valence-corrected chi connectivity index (χ1v) is 15.4. The first-order valence-electron chi connectivity index (χ1n) is 15.4. The van der Waals surface area contributed by atoms with Crippen LogP contribution in [0.25, 0.3) is 11.3 Å². The Labute approximate surface area is 315 Å². The number of hydrogen-bond acceptors (Lipinski definition) is 6. The molecule has 1 N–H and O–H groups in total. The third-order valence-corrected chi connectivity index (χ3v) is 7.61. The number of anilines is 1. The summed E-state index contributed by atoms with van der Waals surface area (Å²) in [7, 11) is 1.34. The largest absolute Gasteiger partial charge is 1.00 e. The maximum atomic E-state index is 14.0. The Kier molecular flexibility index (Phi) is 14.0. The zero-order chi connectivity index (χ0) is 37.7. The van der Waals surface area contributed by atoms with E-state index in [2.05, 4.69) is 9.97 Å². The second-order valence-corrected chi connectivity index (χ2v) is 11.8. The second-order valence-electron chi connectivity index (χ2n) is 11.8. The number of ether oxygens (including phenoxy) is 2. The van der Waals surface area contributed by atoms with Crippen molar-refractivity contribution in [2.24, 2.45) is 0 Å². The van der Waals surface area contributed by atoms with E-state index < -0.39 is 59.8 Å². The smallest absolute Gasteiger partial charge is 0.494 e. The molecule has 2 aromatic carbocycles. The summed E-state index contributed by atoms with van der Waals surface area (Å²) in [6.07, 6.45) is -13.9. The molecule has 0 spiro atoms. The second kappa shape index (κ2) is 17.2. The fourth-order valence-electron chi connectivity index (χ4n) is 5.09. The van der Waals surface area contributed by atoms with Crippen LogP contribution < -0.4 is 43.9 Å². The number of pyridine rings is 2. The van der Waals surface area contributed by atoms with Gasteiger partial charge >= 0.3 is 54.1 Å². The quantitative estimate of drug-likeness (QED) is 0.0916. The number of benzene rings is 2. The van der Waals surface area contributed by atoms with Crippen LogP contribution >= 0.6 is 0 Å². The van der Waals surface area contributed by atoms with Gasteiger partial charge in [-0.3, -0.25) is 4.79 Å². The number of nitrogens with zero attached hydrogens (tertiary/aromatic N) is 3. The van der Waals surface area contributed by atoms with Gasteiger partial charge in [-0.1, -0.05) is 19.9 Å². The topological polar surface area (TPSA) is 84.8 Å². The third-order valence-electron chi connectivity index (χ3n) is 7.61. The zero-order valence-electron chi connectivity index (χ0n) is 28.4. The van der Waals surface area contributed by atoms with Crippen molar-refractivity contribution < 1.29 is 88.4 Å². The van der Waals surface area contributed by atoms with Gasteiger partial charge in [0.2, 0.25) is 0 Å². The van der Waals surface area contributed by atoms with Crippen LogP contribution in [-0.4, -0.2) is 34.8 Å². The first-order chi connectivity index (χ1) is 23.8. The molecule has 0 unspecified atom stereocenters. The van der Waals surface area contributed by atoms with Gasteiger partial charge < -0.3 is 19.5 Å². The van der Waals surface area contributed by atoms with E-state index in [1.807, 2.05) is 13.8 Å². The van der Waals surface area contributed by atoms with Crippen molar-refractivity contribution in [3.63, 3.8) is 0 Å². The molecule has 0 aliphatic heterocycles. The number of methoxy groups -OCH3 is 1. The van der Waals surface area contributed by atoms with E-state index in [0.717, 1.165) is 12.1 Å². The minimum atomic E-state index is -5.14. The minimum Gasteiger partial charge on any atom is -0.494 e. The molecule has 0 fully saturated rings. The molecule has 0 saturated heterocycles. The van der Waals surface area contributed by atoms with E-state index in [1.165, 1.54) is 36.4 Å². The van der Waals surface area contributed by atoms with Crippen LogP contribution in [0.1, 0.15) is 66.1 Å². The maximum absolute atomic E-state index is 14.0. The predicted molar refractivity (Wildman–Crippen MR) is 168 cm³/mol. The van der Waals surface area contributed by atoms with Gasteiger partial charge in [-0.05, 0) is 78.1 Å². The molecule has 0 bridgehead atoms. The van der Waals surface area contributed by atoms with Crippen molar-refractivity contribution in [3.8, 4) is 22.8 Å².